The zero-order valence-electron chi connectivity index (χ0n) is 10.3. The van der Waals surface area contributed by atoms with Gasteiger partial charge >= 0.3 is 0 Å². The Morgan fingerprint density at radius 1 is 1.16 bits per heavy atom. The highest BCUT2D eigenvalue weighted by Gasteiger charge is 2.27. The van der Waals surface area contributed by atoms with Gasteiger partial charge in [0.2, 0.25) is 0 Å². The van der Waals surface area contributed by atoms with E-state index in [0.29, 0.717) is 5.56 Å². The molecule has 2 rings (SSSR count). The third kappa shape index (κ3) is 3.19. The third-order valence-electron chi connectivity index (χ3n) is 3.00. The van der Waals surface area contributed by atoms with E-state index < -0.39 is 17.2 Å². The SMILES string of the molecule is CC(O)(Cc1ccc(F)cc1F)c1ccccc1Br. The Kier molecular flexibility index (Phi) is 4.02. The maximum absolute atomic E-state index is 13.6. The van der Waals surface area contributed by atoms with Crippen molar-refractivity contribution in [3.8, 4) is 0 Å². The monoisotopic (exact) mass is 326 g/mol. The van der Waals surface area contributed by atoms with Gasteiger partial charge in [-0.05, 0) is 30.2 Å². The van der Waals surface area contributed by atoms with Crippen molar-refractivity contribution in [1.29, 1.82) is 0 Å². The van der Waals surface area contributed by atoms with Gasteiger partial charge in [0.05, 0.1) is 5.60 Å². The predicted molar refractivity (Wildman–Crippen MR) is 73.8 cm³/mol. The molecule has 0 radical (unpaired) electrons. The first-order valence-corrected chi connectivity index (χ1v) is 6.61. The van der Waals surface area contributed by atoms with E-state index in [4.69, 9.17) is 0 Å². The Balaban J connectivity index is 2.33. The molecule has 0 spiro atoms. The van der Waals surface area contributed by atoms with Gasteiger partial charge in [0.1, 0.15) is 11.6 Å². The van der Waals surface area contributed by atoms with Crippen LogP contribution < -0.4 is 0 Å². The smallest absolute Gasteiger partial charge is 0.129 e. The van der Waals surface area contributed by atoms with Crippen molar-refractivity contribution in [1.82, 2.24) is 0 Å². The van der Waals surface area contributed by atoms with Gasteiger partial charge in [-0.15, -0.1) is 0 Å². The summed E-state index contributed by atoms with van der Waals surface area (Å²) < 4.78 is 27.2. The first-order valence-electron chi connectivity index (χ1n) is 5.81. The maximum atomic E-state index is 13.6. The molecule has 4 heteroatoms. The molecule has 0 aromatic heterocycles. The van der Waals surface area contributed by atoms with E-state index in [-0.39, 0.29) is 12.0 Å². The number of hydrogen-bond acceptors (Lipinski definition) is 1. The van der Waals surface area contributed by atoms with E-state index in [1.165, 1.54) is 12.1 Å². The summed E-state index contributed by atoms with van der Waals surface area (Å²) >= 11 is 3.36. The molecule has 2 aromatic rings. The molecule has 0 fully saturated rings. The van der Waals surface area contributed by atoms with Crippen LogP contribution in [0.3, 0.4) is 0 Å². The van der Waals surface area contributed by atoms with Gasteiger partial charge < -0.3 is 5.11 Å². The molecular weight excluding hydrogens is 314 g/mol. The second kappa shape index (κ2) is 5.39. The predicted octanol–water partition coefficient (Wildman–Crippen LogP) is 4.18. The van der Waals surface area contributed by atoms with E-state index in [1.54, 1.807) is 19.1 Å². The minimum atomic E-state index is -1.24. The summed E-state index contributed by atoms with van der Waals surface area (Å²) in [7, 11) is 0. The number of benzene rings is 2. The average molecular weight is 327 g/mol. The van der Waals surface area contributed by atoms with Crippen LogP contribution in [-0.2, 0) is 12.0 Å². The highest BCUT2D eigenvalue weighted by Crippen LogP contribution is 2.31. The Hall–Kier alpha value is -1.26. The van der Waals surface area contributed by atoms with Crippen molar-refractivity contribution in [2.75, 3.05) is 0 Å². The van der Waals surface area contributed by atoms with Crippen LogP contribution in [0.5, 0.6) is 0 Å². The zero-order chi connectivity index (χ0) is 14.0. The van der Waals surface area contributed by atoms with Crippen LogP contribution in [0.15, 0.2) is 46.9 Å². The third-order valence-corrected chi connectivity index (χ3v) is 3.70. The van der Waals surface area contributed by atoms with E-state index in [1.807, 2.05) is 12.1 Å². The molecule has 0 aliphatic rings. The molecule has 1 N–H and O–H groups in total. The van der Waals surface area contributed by atoms with Gasteiger partial charge in [-0.3, -0.25) is 0 Å². The lowest BCUT2D eigenvalue weighted by atomic mass is 9.89. The van der Waals surface area contributed by atoms with Gasteiger partial charge in [-0.25, -0.2) is 8.78 Å². The van der Waals surface area contributed by atoms with Crippen molar-refractivity contribution in [3.63, 3.8) is 0 Å². The van der Waals surface area contributed by atoms with Crippen LogP contribution in [-0.4, -0.2) is 5.11 Å². The van der Waals surface area contributed by atoms with Crippen LogP contribution >= 0.6 is 15.9 Å². The van der Waals surface area contributed by atoms with E-state index in [2.05, 4.69) is 15.9 Å². The van der Waals surface area contributed by atoms with Gasteiger partial charge in [-0.1, -0.05) is 40.2 Å². The van der Waals surface area contributed by atoms with Crippen molar-refractivity contribution < 1.29 is 13.9 Å². The molecule has 1 nitrogen and oxygen atoms in total. The van der Waals surface area contributed by atoms with Crippen molar-refractivity contribution in [3.05, 3.63) is 69.7 Å². The lowest BCUT2D eigenvalue weighted by molar-refractivity contribution is 0.0559. The minimum Gasteiger partial charge on any atom is -0.385 e. The van der Waals surface area contributed by atoms with E-state index in [0.717, 1.165) is 10.5 Å². The summed E-state index contributed by atoms with van der Waals surface area (Å²) in [6, 6.07) is 10.6. The van der Waals surface area contributed by atoms with Crippen LogP contribution in [0.25, 0.3) is 0 Å². The summed E-state index contributed by atoms with van der Waals surface area (Å²) in [6.45, 7) is 1.61. The first kappa shape index (κ1) is 14.2. The Morgan fingerprint density at radius 3 is 2.47 bits per heavy atom. The summed E-state index contributed by atoms with van der Waals surface area (Å²) in [4.78, 5) is 0. The molecule has 1 atom stereocenters. The van der Waals surface area contributed by atoms with Crippen LogP contribution in [0.4, 0.5) is 8.78 Å². The minimum absolute atomic E-state index is 0.0712. The zero-order valence-corrected chi connectivity index (χ0v) is 11.9. The van der Waals surface area contributed by atoms with Crippen LogP contribution in [0.1, 0.15) is 18.1 Å². The van der Waals surface area contributed by atoms with Gasteiger partial charge in [0, 0.05) is 17.0 Å². The fourth-order valence-electron chi connectivity index (χ4n) is 2.03. The molecular formula is C15H13BrF2O. The largest absolute Gasteiger partial charge is 0.385 e. The molecule has 0 saturated heterocycles. The summed E-state index contributed by atoms with van der Waals surface area (Å²) in [5.41, 5.74) is -0.292. The number of aliphatic hydroxyl groups is 1. The number of hydrogen-bond donors (Lipinski definition) is 1. The standard InChI is InChI=1S/C15H13BrF2O/c1-15(19,12-4-2-3-5-13(12)16)9-10-6-7-11(17)8-14(10)18/h2-8,19H,9H2,1H3. The number of halogens is 3. The Bertz CT molecular complexity index is 596. The van der Waals surface area contributed by atoms with Gasteiger partial charge in [-0.2, -0.15) is 0 Å². The molecule has 0 bridgehead atoms. The van der Waals surface area contributed by atoms with E-state index in [9.17, 15) is 13.9 Å². The van der Waals surface area contributed by atoms with Gasteiger partial charge in [0.25, 0.3) is 0 Å². The normalized spacial score (nSPS) is 14.2. The lowest BCUT2D eigenvalue weighted by Gasteiger charge is -2.25. The van der Waals surface area contributed by atoms with Crippen molar-refractivity contribution in [2.45, 2.75) is 18.9 Å². The quantitative estimate of drug-likeness (QED) is 0.897. The summed E-state index contributed by atoms with van der Waals surface area (Å²) in [5, 5.41) is 10.5. The van der Waals surface area contributed by atoms with Gasteiger partial charge in [0.15, 0.2) is 0 Å². The Morgan fingerprint density at radius 2 is 1.84 bits per heavy atom. The summed E-state index contributed by atoms with van der Waals surface area (Å²) in [6.07, 6.45) is 0.0712. The van der Waals surface area contributed by atoms with E-state index >= 15 is 0 Å². The molecule has 0 aliphatic carbocycles. The molecule has 100 valence electrons. The first-order chi connectivity index (χ1) is 8.90. The lowest BCUT2D eigenvalue weighted by Crippen LogP contribution is -2.25. The summed E-state index contributed by atoms with van der Waals surface area (Å²) in [5.74, 6) is -1.27. The van der Waals surface area contributed by atoms with Crippen molar-refractivity contribution >= 4 is 15.9 Å². The maximum Gasteiger partial charge on any atom is 0.129 e. The highest BCUT2D eigenvalue weighted by molar-refractivity contribution is 9.10. The second-order valence-electron chi connectivity index (χ2n) is 4.67. The molecule has 0 heterocycles. The molecule has 0 saturated carbocycles. The van der Waals surface area contributed by atoms with Crippen LogP contribution in [0.2, 0.25) is 0 Å². The Labute approximate surface area is 119 Å². The highest BCUT2D eigenvalue weighted by atomic mass is 79.9. The molecule has 19 heavy (non-hydrogen) atoms. The molecule has 1 unspecified atom stereocenters. The average Bonchev–Trinajstić information content (AvgIpc) is 2.33. The van der Waals surface area contributed by atoms with Crippen molar-refractivity contribution in [2.24, 2.45) is 0 Å². The second-order valence-corrected chi connectivity index (χ2v) is 5.52. The fraction of sp³-hybridized carbons (Fsp3) is 0.200. The topological polar surface area (TPSA) is 20.2 Å². The van der Waals surface area contributed by atoms with Crippen LogP contribution in [0, 0.1) is 11.6 Å². The molecule has 2 aromatic carbocycles. The number of rotatable bonds is 3. The fourth-order valence-corrected chi connectivity index (χ4v) is 2.74. The molecule has 0 aliphatic heterocycles. The molecule has 0 amide bonds.